The third-order valence-electron chi connectivity index (χ3n) is 3.79. The van der Waals surface area contributed by atoms with Crippen molar-refractivity contribution in [1.29, 1.82) is 0 Å². The molecule has 1 aliphatic carbocycles. The largest absolute Gasteiger partial charge is 0.444 e. The maximum absolute atomic E-state index is 11.9. The molecule has 0 aromatic carbocycles. The van der Waals surface area contributed by atoms with Gasteiger partial charge in [-0.2, -0.15) is 0 Å². The summed E-state index contributed by atoms with van der Waals surface area (Å²) in [5.41, 5.74) is 1.81. The smallest absolute Gasteiger partial charge is 0.407 e. The molecule has 2 unspecified atom stereocenters. The Morgan fingerprint density at radius 3 is 2.73 bits per heavy atom. The Bertz CT molecular complexity index is 511. The molecule has 1 saturated carbocycles. The minimum atomic E-state index is -0.455. The highest BCUT2D eigenvalue weighted by atomic mass is 16.6. The van der Waals surface area contributed by atoms with E-state index >= 15 is 0 Å². The highest BCUT2D eigenvalue weighted by molar-refractivity contribution is 5.68. The SMILES string of the molecule is Cc1ccncc1NC1CCCC(NC(=O)OC(C)(C)C)C1. The van der Waals surface area contributed by atoms with Gasteiger partial charge in [-0.15, -0.1) is 0 Å². The molecule has 2 atom stereocenters. The lowest BCUT2D eigenvalue weighted by Gasteiger charge is -2.31. The van der Waals surface area contributed by atoms with Crippen molar-refractivity contribution in [2.45, 2.75) is 71.1 Å². The highest BCUT2D eigenvalue weighted by Gasteiger charge is 2.25. The van der Waals surface area contributed by atoms with Gasteiger partial charge in [0.15, 0.2) is 0 Å². The number of anilines is 1. The molecule has 1 aromatic heterocycles. The summed E-state index contributed by atoms with van der Waals surface area (Å²) in [7, 11) is 0. The number of nitrogens with zero attached hydrogens (tertiary/aromatic N) is 1. The monoisotopic (exact) mass is 305 g/mol. The molecule has 1 aliphatic rings. The maximum atomic E-state index is 11.9. The predicted molar refractivity (Wildman–Crippen MR) is 88.0 cm³/mol. The molecule has 0 aliphatic heterocycles. The minimum absolute atomic E-state index is 0.165. The first-order valence-electron chi connectivity index (χ1n) is 8.00. The van der Waals surface area contributed by atoms with Crippen molar-refractivity contribution < 1.29 is 9.53 Å². The van der Waals surface area contributed by atoms with Crippen molar-refractivity contribution in [2.24, 2.45) is 0 Å². The normalized spacial score (nSPS) is 22.0. The molecule has 122 valence electrons. The molecule has 2 N–H and O–H groups in total. The molecule has 1 fully saturated rings. The van der Waals surface area contributed by atoms with Gasteiger partial charge in [-0.05, 0) is 65.0 Å². The Morgan fingerprint density at radius 1 is 1.32 bits per heavy atom. The van der Waals surface area contributed by atoms with E-state index in [0.29, 0.717) is 6.04 Å². The zero-order chi connectivity index (χ0) is 16.2. The Hall–Kier alpha value is -1.78. The van der Waals surface area contributed by atoms with Gasteiger partial charge in [0.2, 0.25) is 0 Å². The lowest BCUT2D eigenvalue weighted by atomic mass is 9.91. The van der Waals surface area contributed by atoms with Crippen LogP contribution in [0.15, 0.2) is 18.5 Å². The van der Waals surface area contributed by atoms with Gasteiger partial charge in [0.25, 0.3) is 0 Å². The van der Waals surface area contributed by atoms with Crippen LogP contribution in [0.4, 0.5) is 10.5 Å². The lowest BCUT2D eigenvalue weighted by molar-refractivity contribution is 0.0492. The Labute approximate surface area is 132 Å². The number of carbonyl (C=O) groups excluding carboxylic acids is 1. The van der Waals surface area contributed by atoms with Crippen molar-refractivity contribution in [3.05, 3.63) is 24.0 Å². The fourth-order valence-corrected chi connectivity index (χ4v) is 2.76. The second-order valence-electron chi connectivity index (χ2n) is 7.04. The Kier molecular flexibility index (Phi) is 5.27. The number of pyridine rings is 1. The minimum Gasteiger partial charge on any atom is -0.444 e. The summed E-state index contributed by atoms with van der Waals surface area (Å²) < 4.78 is 5.33. The van der Waals surface area contributed by atoms with Gasteiger partial charge in [-0.25, -0.2) is 4.79 Å². The molecule has 0 spiro atoms. The molecule has 1 amide bonds. The van der Waals surface area contributed by atoms with Crippen molar-refractivity contribution in [3.8, 4) is 0 Å². The van der Waals surface area contributed by atoms with E-state index in [2.05, 4.69) is 22.5 Å². The molecule has 0 radical (unpaired) electrons. The van der Waals surface area contributed by atoms with Crippen LogP contribution in [0.1, 0.15) is 52.0 Å². The number of aromatic nitrogens is 1. The molecule has 1 aromatic rings. The van der Waals surface area contributed by atoms with Crippen LogP contribution in [-0.2, 0) is 4.74 Å². The quantitative estimate of drug-likeness (QED) is 0.895. The average molecular weight is 305 g/mol. The molecule has 1 heterocycles. The van der Waals surface area contributed by atoms with Gasteiger partial charge in [-0.3, -0.25) is 4.98 Å². The standard InChI is InChI=1S/C17H27N3O2/c1-12-8-9-18-11-15(12)19-13-6-5-7-14(10-13)20-16(21)22-17(2,3)4/h8-9,11,13-14,19H,5-7,10H2,1-4H3,(H,20,21). The van der Waals surface area contributed by atoms with Gasteiger partial charge >= 0.3 is 6.09 Å². The molecule has 5 heteroatoms. The number of nitrogens with one attached hydrogen (secondary N) is 2. The maximum Gasteiger partial charge on any atom is 0.407 e. The fraction of sp³-hybridized carbons (Fsp3) is 0.647. The van der Waals surface area contributed by atoms with Gasteiger partial charge in [0.1, 0.15) is 5.60 Å². The third kappa shape index (κ3) is 5.20. The molecule has 0 bridgehead atoms. The summed E-state index contributed by atoms with van der Waals surface area (Å²) in [5, 5.41) is 6.53. The highest BCUT2D eigenvalue weighted by Crippen LogP contribution is 2.23. The van der Waals surface area contributed by atoms with Crippen LogP contribution < -0.4 is 10.6 Å². The summed E-state index contributed by atoms with van der Waals surface area (Å²) in [6.07, 6.45) is 7.46. The van der Waals surface area contributed by atoms with Gasteiger partial charge in [-0.1, -0.05) is 0 Å². The zero-order valence-electron chi connectivity index (χ0n) is 14.0. The van der Waals surface area contributed by atoms with Crippen molar-refractivity contribution in [2.75, 3.05) is 5.32 Å². The van der Waals surface area contributed by atoms with Crippen molar-refractivity contribution in [3.63, 3.8) is 0 Å². The molecule has 5 nitrogen and oxygen atoms in total. The first-order valence-corrected chi connectivity index (χ1v) is 8.00. The second kappa shape index (κ2) is 6.99. The van der Waals surface area contributed by atoms with E-state index in [0.717, 1.165) is 31.4 Å². The number of aryl methyl sites for hydroxylation is 1. The van der Waals surface area contributed by atoms with Crippen LogP contribution in [0.2, 0.25) is 0 Å². The van der Waals surface area contributed by atoms with Gasteiger partial charge < -0.3 is 15.4 Å². The van der Waals surface area contributed by atoms with E-state index in [4.69, 9.17) is 4.74 Å². The Balaban J connectivity index is 1.87. The molecule has 22 heavy (non-hydrogen) atoms. The van der Waals surface area contributed by atoms with E-state index in [-0.39, 0.29) is 12.1 Å². The Morgan fingerprint density at radius 2 is 2.05 bits per heavy atom. The lowest BCUT2D eigenvalue weighted by Crippen LogP contribution is -2.43. The fourth-order valence-electron chi connectivity index (χ4n) is 2.76. The van der Waals surface area contributed by atoms with Gasteiger partial charge in [0.05, 0.1) is 11.9 Å². The first kappa shape index (κ1) is 16.6. The van der Waals surface area contributed by atoms with E-state index in [1.165, 1.54) is 5.56 Å². The molecule has 2 rings (SSSR count). The molecule has 0 saturated heterocycles. The topological polar surface area (TPSA) is 63.2 Å². The van der Waals surface area contributed by atoms with Crippen LogP contribution in [0.25, 0.3) is 0 Å². The van der Waals surface area contributed by atoms with Crippen LogP contribution >= 0.6 is 0 Å². The van der Waals surface area contributed by atoms with Crippen LogP contribution in [0.3, 0.4) is 0 Å². The van der Waals surface area contributed by atoms with Crippen LogP contribution in [0.5, 0.6) is 0 Å². The first-order chi connectivity index (χ1) is 10.3. The third-order valence-corrected chi connectivity index (χ3v) is 3.79. The van der Waals surface area contributed by atoms with E-state index in [9.17, 15) is 4.79 Å². The summed E-state index contributed by atoms with van der Waals surface area (Å²) >= 11 is 0. The molecular formula is C17H27N3O2. The van der Waals surface area contributed by atoms with E-state index in [1.54, 1.807) is 6.20 Å². The van der Waals surface area contributed by atoms with Crippen molar-refractivity contribution >= 4 is 11.8 Å². The van der Waals surface area contributed by atoms with Gasteiger partial charge in [0, 0.05) is 18.3 Å². The zero-order valence-corrected chi connectivity index (χ0v) is 14.0. The number of ether oxygens (including phenoxy) is 1. The number of hydrogen-bond acceptors (Lipinski definition) is 4. The van der Waals surface area contributed by atoms with E-state index < -0.39 is 5.60 Å². The number of carbonyl (C=O) groups is 1. The second-order valence-corrected chi connectivity index (χ2v) is 7.04. The summed E-state index contributed by atoms with van der Waals surface area (Å²) in [5.74, 6) is 0. The average Bonchev–Trinajstić information content (AvgIpc) is 2.39. The van der Waals surface area contributed by atoms with Crippen LogP contribution in [-0.4, -0.2) is 28.8 Å². The number of amides is 1. The summed E-state index contributed by atoms with van der Waals surface area (Å²) in [6.45, 7) is 7.71. The number of alkyl carbamates (subject to hydrolysis) is 1. The van der Waals surface area contributed by atoms with Crippen molar-refractivity contribution in [1.82, 2.24) is 10.3 Å². The van der Waals surface area contributed by atoms with E-state index in [1.807, 2.05) is 33.0 Å². The summed E-state index contributed by atoms with van der Waals surface area (Å²) in [6, 6.07) is 2.52. The predicted octanol–water partition coefficient (Wildman–Crippen LogP) is 3.64. The summed E-state index contributed by atoms with van der Waals surface area (Å²) in [4.78, 5) is 16.0. The number of rotatable bonds is 3. The number of hydrogen-bond donors (Lipinski definition) is 2. The van der Waals surface area contributed by atoms with Crippen LogP contribution in [0, 0.1) is 6.92 Å². The molecular weight excluding hydrogens is 278 g/mol.